The Labute approximate surface area is 124 Å². The number of halogens is 1. The smallest absolute Gasteiger partial charge is 0.242 e. The first-order valence-electron chi connectivity index (χ1n) is 7.23. The summed E-state index contributed by atoms with van der Waals surface area (Å²) in [5.74, 6) is -0.434. The molecule has 0 bridgehead atoms. The monoisotopic (exact) mass is 289 g/mol. The van der Waals surface area contributed by atoms with Gasteiger partial charge in [-0.15, -0.1) is 0 Å². The lowest BCUT2D eigenvalue weighted by Gasteiger charge is -2.31. The average Bonchev–Trinajstić information content (AvgIpc) is 2.93. The highest BCUT2D eigenvalue weighted by Crippen LogP contribution is 2.23. The molecule has 0 spiro atoms. The van der Waals surface area contributed by atoms with Gasteiger partial charge in [0.05, 0.1) is 17.2 Å². The lowest BCUT2D eigenvalue weighted by molar-refractivity contribution is -0.137. The summed E-state index contributed by atoms with van der Waals surface area (Å²) < 4.78 is 14.0. The molecule has 1 atom stereocenters. The van der Waals surface area contributed by atoms with Crippen LogP contribution in [0.15, 0.2) is 18.2 Å². The van der Waals surface area contributed by atoms with Gasteiger partial charge < -0.3 is 10.2 Å². The molecule has 1 saturated heterocycles. The molecule has 0 radical (unpaired) electrons. The second-order valence-corrected chi connectivity index (χ2v) is 5.60. The van der Waals surface area contributed by atoms with Gasteiger partial charge in [-0.05, 0) is 45.4 Å². The molecule has 0 aromatic heterocycles. The molecule has 4 nitrogen and oxygen atoms in total. The Bertz CT molecular complexity index is 573. The first kappa shape index (κ1) is 15.5. The van der Waals surface area contributed by atoms with E-state index >= 15 is 0 Å². The highest BCUT2D eigenvalue weighted by molar-refractivity contribution is 5.86. The summed E-state index contributed by atoms with van der Waals surface area (Å²) in [6.45, 7) is 5.38. The van der Waals surface area contributed by atoms with Crippen molar-refractivity contribution in [3.63, 3.8) is 0 Å². The fourth-order valence-electron chi connectivity index (χ4n) is 2.70. The van der Waals surface area contributed by atoms with Crippen molar-refractivity contribution in [2.75, 3.05) is 13.1 Å². The summed E-state index contributed by atoms with van der Waals surface area (Å²) >= 11 is 0. The van der Waals surface area contributed by atoms with E-state index in [1.54, 1.807) is 17.0 Å². The van der Waals surface area contributed by atoms with Crippen molar-refractivity contribution >= 4 is 5.91 Å². The topological polar surface area (TPSA) is 56.1 Å². The van der Waals surface area contributed by atoms with E-state index in [0.29, 0.717) is 12.1 Å². The molecule has 1 heterocycles. The third-order valence-electron chi connectivity index (χ3n) is 4.05. The molecule has 1 aliphatic rings. The minimum atomic E-state index is -0.543. The van der Waals surface area contributed by atoms with E-state index in [1.165, 1.54) is 6.07 Å². The third kappa shape index (κ3) is 3.22. The molecule has 1 amide bonds. The van der Waals surface area contributed by atoms with Gasteiger partial charge in [-0.1, -0.05) is 6.07 Å². The molecule has 0 aliphatic carbocycles. The summed E-state index contributed by atoms with van der Waals surface area (Å²) in [7, 11) is 0. The summed E-state index contributed by atoms with van der Waals surface area (Å²) in [6, 6.07) is 6.27. The van der Waals surface area contributed by atoms with Crippen LogP contribution in [0.25, 0.3) is 0 Å². The maximum Gasteiger partial charge on any atom is 0.242 e. The van der Waals surface area contributed by atoms with Gasteiger partial charge in [0, 0.05) is 18.7 Å². The molecule has 1 fully saturated rings. The van der Waals surface area contributed by atoms with E-state index in [2.05, 4.69) is 5.32 Å². The van der Waals surface area contributed by atoms with Crippen LogP contribution in [0.3, 0.4) is 0 Å². The largest absolute Gasteiger partial charge is 0.337 e. The van der Waals surface area contributed by atoms with Crippen molar-refractivity contribution in [2.24, 2.45) is 0 Å². The van der Waals surface area contributed by atoms with E-state index in [-0.39, 0.29) is 18.0 Å². The molecule has 2 rings (SSSR count). The van der Waals surface area contributed by atoms with E-state index < -0.39 is 11.4 Å². The van der Waals surface area contributed by atoms with Gasteiger partial charge in [-0.25, -0.2) is 4.39 Å². The molecule has 1 aliphatic heterocycles. The van der Waals surface area contributed by atoms with Gasteiger partial charge in [-0.3, -0.25) is 4.79 Å². The minimum Gasteiger partial charge on any atom is -0.337 e. The van der Waals surface area contributed by atoms with E-state index in [9.17, 15) is 9.18 Å². The molecular formula is C16H20FN3O. The standard InChI is InChI=1S/C16H20FN3O/c1-3-20(15(21)16(2)7-4-8-19-16)11-13-6-5-12(10-18)9-14(13)17/h5-6,9,19H,3-4,7-8,11H2,1-2H3. The van der Waals surface area contributed by atoms with Crippen molar-refractivity contribution in [1.29, 1.82) is 5.26 Å². The number of nitrogens with one attached hydrogen (secondary N) is 1. The zero-order chi connectivity index (χ0) is 15.5. The molecule has 21 heavy (non-hydrogen) atoms. The quantitative estimate of drug-likeness (QED) is 0.924. The minimum absolute atomic E-state index is 0.00580. The van der Waals surface area contributed by atoms with Crippen molar-refractivity contribution in [1.82, 2.24) is 10.2 Å². The van der Waals surface area contributed by atoms with Crippen LogP contribution in [-0.4, -0.2) is 29.4 Å². The van der Waals surface area contributed by atoms with Crippen LogP contribution in [0.5, 0.6) is 0 Å². The van der Waals surface area contributed by atoms with Crippen LogP contribution in [0.4, 0.5) is 4.39 Å². The molecule has 1 N–H and O–H groups in total. The number of nitrogens with zero attached hydrogens (tertiary/aromatic N) is 2. The summed E-state index contributed by atoms with van der Waals surface area (Å²) in [4.78, 5) is 14.3. The normalized spacial score (nSPS) is 21.0. The third-order valence-corrected chi connectivity index (χ3v) is 4.05. The highest BCUT2D eigenvalue weighted by atomic mass is 19.1. The number of hydrogen-bond donors (Lipinski definition) is 1. The Morgan fingerprint density at radius 2 is 2.33 bits per heavy atom. The summed E-state index contributed by atoms with van der Waals surface area (Å²) in [5, 5.41) is 12.0. The zero-order valence-corrected chi connectivity index (χ0v) is 12.4. The molecule has 5 heteroatoms. The van der Waals surface area contributed by atoms with Gasteiger partial charge in [0.15, 0.2) is 0 Å². The highest BCUT2D eigenvalue weighted by Gasteiger charge is 2.38. The number of hydrogen-bond acceptors (Lipinski definition) is 3. The maximum atomic E-state index is 14.0. The first-order chi connectivity index (χ1) is 10.00. The molecule has 1 aromatic carbocycles. The van der Waals surface area contributed by atoms with Crippen LogP contribution in [0.1, 0.15) is 37.8 Å². The fourth-order valence-corrected chi connectivity index (χ4v) is 2.70. The Kier molecular flexibility index (Phi) is 4.59. The van der Waals surface area contributed by atoms with Crippen molar-refractivity contribution in [2.45, 2.75) is 38.8 Å². The lowest BCUT2D eigenvalue weighted by Crippen LogP contribution is -2.52. The Morgan fingerprint density at radius 3 is 2.86 bits per heavy atom. The second-order valence-electron chi connectivity index (χ2n) is 5.60. The predicted octanol–water partition coefficient (Wildman–Crippen LogP) is 2.19. The lowest BCUT2D eigenvalue weighted by atomic mass is 9.98. The first-order valence-corrected chi connectivity index (χ1v) is 7.23. The van der Waals surface area contributed by atoms with Crippen LogP contribution in [0, 0.1) is 17.1 Å². The number of carbonyl (C=O) groups is 1. The Balaban J connectivity index is 2.16. The van der Waals surface area contributed by atoms with Gasteiger partial charge in [-0.2, -0.15) is 5.26 Å². The fraction of sp³-hybridized carbons (Fsp3) is 0.500. The maximum absolute atomic E-state index is 14.0. The molecule has 0 saturated carbocycles. The second kappa shape index (κ2) is 6.23. The number of amides is 1. The zero-order valence-electron chi connectivity index (χ0n) is 12.4. The van der Waals surface area contributed by atoms with Crippen molar-refractivity contribution in [3.05, 3.63) is 35.1 Å². The SMILES string of the molecule is CCN(Cc1ccc(C#N)cc1F)C(=O)C1(C)CCCN1. The number of nitriles is 1. The van der Waals surface area contributed by atoms with E-state index in [4.69, 9.17) is 5.26 Å². The van der Waals surface area contributed by atoms with Crippen LogP contribution in [-0.2, 0) is 11.3 Å². The van der Waals surface area contributed by atoms with Gasteiger partial charge >= 0.3 is 0 Å². The van der Waals surface area contributed by atoms with E-state index in [1.807, 2.05) is 19.9 Å². The number of rotatable bonds is 4. The van der Waals surface area contributed by atoms with Gasteiger partial charge in [0.25, 0.3) is 0 Å². The average molecular weight is 289 g/mol. The summed E-state index contributed by atoms with van der Waals surface area (Å²) in [5.41, 5.74) is 0.180. The van der Waals surface area contributed by atoms with Crippen molar-refractivity contribution in [3.8, 4) is 6.07 Å². The number of likely N-dealkylation sites (N-methyl/N-ethyl adjacent to an activating group) is 1. The molecule has 112 valence electrons. The predicted molar refractivity (Wildman–Crippen MR) is 77.8 cm³/mol. The van der Waals surface area contributed by atoms with E-state index in [0.717, 1.165) is 19.4 Å². The van der Waals surface area contributed by atoms with Crippen LogP contribution < -0.4 is 5.32 Å². The van der Waals surface area contributed by atoms with Gasteiger partial charge in [0.2, 0.25) is 5.91 Å². The van der Waals surface area contributed by atoms with Crippen molar-refractivity contribution < 1.29 is 9.18 Å². The Hall–Kier alpha value is -1.93. The Morgan fingerprint density at radius 1 is 1.57 bits per heavy atom. The molecule has 1 aromatic rings. The van der Waals surface area contributed by atoms with Gasteiger partial charge in [0.1, 0.15) is 5.82 Å². The molecule has 1 unspecified atom stereocenters. The number of carbonyl (C=O) groups excluding carboxylic acids is 1. The van der Waals surface area contributed by atoms with Crippen LogP contribution >= 0.6 is 0 Å². The number of benzene rings is 1. The van der Waals surface area contributed by atoms with Crippen LogP contribution in [0.2, 0.25) is 0 Å². The molecular weight excluding hydrogens is 269 g/mol. The summed E-state index contributed by atoms with van der Waals surface area (Å²) in [6.07, 6.45) is 1.78.